The molecule has 8 nitrogen and oxygen atoms in total. The number of amides is 3. The number of urea groups is 1. The van der Waals surface area contributed by atoms with Crippen molar-refractivity contribution in [2.45, 2.75) is 25.4 Å². The Morgan fingerprint density at radius 2 is 2.11 bits per heavy atom. The number of carboxylic acids is 1. The summed E-state index contributed by atoms with van der Waals surface area (Å²) < 4.78 is 5.00. The third kappa shape index (κ3) is 4.21. The molecule has 0 bridgehead atoms. The molecule has 3 atom stereocenters. The highest BCUT2D eigenvalue weighted by Crippen LogP contribution is 2.13. The number of carbonyl (C=O) groups excluding carboxylic acids is 2. The van der Waals surface area contributed by atoms with Gasteiger partial charge < -0.3 is 26.2 Å². The molecule has 8 heteroatoms. The molecule has 3 unspecified atom stereocenters. The number of hydrogen-bond acceptors (Lipinski definition) is 4. The van der Waals surface area contributed by atoms with Crippen LogP contribution >= 0.6 is 0 Å². The van der Waals surface area contributed by atoms with Gasteiger partial charge in [-0.2, -0.15) is 0 Å². The smallest absolute Gasteiger partial charge is 0.315 e. The van der Waals surface area contributed by atoms with Gasteiger partial charge in [0, 0.05) is 12.5 Å². The highest BCUT2D eigenvalue weighted by atomic mass is 16.5. The zero-order valence-corrected chi connectivity index (χ0v) is 10.0. The Labute approximate surface area is 104 Å². The molecule has 1 aliphatic heterocycles. The number of nitrogens with two attached hydrogens (primary N) is 1. The van der Waals surface area contributed by atoms with Gasteiger partial charge in [0.2, 0.25) is 5.91 Å². The van der Waals surface area contributed by atoms with E-state index in [0.29, 0.717) is 0 Å². The van der Waals surface area contributed by atoms with Gasteiger partial charge in [0.15, 0.2) is 0 Å². The minimum Gasteiger partial charge on any atom is -0.481 e. The first kappa shape index (κ1) is 14.2. The van der Waals surface area contributed by atoms with Crippen LogP contribution in [-0.4, -0.2) is 48.3 Å². The van der Waals surface area contributed by atoms with Gasteiger partial charge in [0.1, 0.15) is 5.92 Å². The van der Waals surface area contributed by atoms with Crippen LogP contribution in [0, 0.1) is 5.92 Å². The molecule has 0 aromatic carbocycles. The van der Waals surface area contributed by atoms with Crippen LogP contribution in [0.4, 0.5) is 4.79 Å². The first-order valence-electron chi connectivity index (χ1n) is 5.56. The monoisotopic (exact) mass is 259 g/mol. The van der Waals surface area contributed by atoms with Gasteiger partial charge in [-0.05, 0) is 6.92 Å². The van der Waals surface area contributed by atoms with E-state index in [2.05, 4.69) is 10.6 Å². The lowest BCUT2D eigenvalue weighted by Crippen LogP contribution is -2.49. The Balaban J connectivity index is 2.40. The SMILES string of the molecule is CC(CC(N)=O)NC(=O)NC1COCC1C(=O)O. The van der Waals surface area contributed by atoms with Gasteiger partial charge in [-0.3, -0.25) is 9.59 Å². The molecule has 5 N–H and O–H groups in total. The van der Waals surface area contributed by atoms with Crippen LogP contribution in [0.25, 0.3) is 0 Å². The Bertz CT molecular complexity index is 346. The number of ether oxygens (including phenoxy) is 1. The average Bonchev–Trinajstić information content (AvgIpc) is 2.63. The van der Waals surface area contributed by atoms with Crippen molar-refractivity contribution < 1.29 is 24.2 Å². The summed E-state index contributed by atoms with van der Waals surface area (Å²) in [6.45, 7) is 1.87. The fourth-order valence-electron chi connectivity index (χ4n) is 1.73. The number of nitrogens with one attached hydrogen (secondary N) is 2. The van der Waals surface area contributed by atoms with E-state index in [1.807, 2.05) is 0 Å². The molecular formula is C10H17N3O5. The molecule has 0 saturated carbocycles. The minimum absolute atomic E-state index is 0.0247. The summed E-state index contributed by atoms with van der Waals surface area (Å²) in [6.07, 6.45) is 0.0247. The topological polar surface area (TPSA) is 131 Å². The van der Waals surface area contributed by atoms with Crippen molar-refractivity contribution >= 4 is 17.9 Å². The van der Waals surface area contributed by atoms with Crippen molar-refractivity contribution in [3.8, 4) is 0 Å². The first-order chi connectivity index (χ1) is 8.40. The van der Waals surface area contributed by atoms with Gasteiger partial charge in [-0.15, -0.1) is 0 Å². The maximum Gasteiger partial charge on any atom is 0.315 e. The van der Waals surface area contributed by atoms with Gasteiger partial charge >= 0.3 is 12.0 Å². The van der Waals surface area contributed by atoms with Crippen LogP contribution in [0.3, 0.4) is 0 Å². The summed E-state index contributed by atoms with van der Waals surface area (Å²) in [6, 6.07) is -1.51. The highest BCUT2D eigenvalue weighted by Gasteiger charge is 2.35. The van der Waals surface area contributed by atoms with Crippen molar-refractivity contribution in [1.82, 2.24) is 10.6 Å². The number of hydrogen-bond donors (Lipinski definition) is 4. The zero-order valence-electron chi connectivity index (χ0n) is 10.0. The van der Waals surface area contributed by atoms with E-state index in [1.54, 1.807) is 6.92 Å². The molecule has 0 aliphatic carbocycles. The van der Waals surface area contributed by atoms with Crippen LogP contribution in [0.2, 0.25) is 0 Å². The Morgan fingerprint density at radius 3 is 2.67 bits per heavy atom. The van der Waals surface area contributed by atoms with E-state index >= 15 is 0 Å². The first-order valence-corrected chi connectivity index (χ1v) is 5.56. The van der Waals surface area contributed by atoms with E-state index in [4.69, 9.17) is 15.6 Å². The molecule has 1 heterocycles. The standard InChI is InChI=1S/C10H17N3O5/c1-5(2-8(11)14)12-10(17)13-7-4-18-3-6(7)9(15)16/h5-7H,2-4H2,1H3,(H2,11,14)(H,15,16)(H2,12,13,17). The van der Waals surface area contributed by atoms with E-state index in [9.17, 15) is 14.4 Å². The Hall–Kier alpha value is -1.83. The predicted molar refractivity (Wildman–Crippen MR) is 60.7 cm³/mol. The van der Waals surface area contributed by atoms with Crippen LogP contribution in [0.5, 0.6) is 0 Å². The lowest BCUT2D eigenvalue weighted by Gasteiger charge is -2.18. The van der Waals surface area contributed by atoms with Crippen LogP contribution in [-0.2, 0) is 14.3 Å². The Morgan fingerprint density at radius 1 is 1.44 bits per heavy atom. The molecule has 0 radical (unpaired) electrons. The molecule has 0 aromatic rings. The van der Waals surface area contributed by atoms with Crippen molar-refractivity contribution in [2.24, 2.45) is 11.7 Å². The summed E-state index contributed by atoms with van der Waals surface area (Å²) in [5.41, 5.74) is 4.99. The summed E-state index contributed by atoms with van der Waals surface area (Å²) in [5, 5.41) is 13.9. The van der Waals surface area contributed by atoms with Crippen molar-refractivity contribution in [2.75, 3.05) is 13.2 Å². The third-order valence-electron chi connectivity index (χ3n) is 2.60. The number of carboxylic acid groups (broad SMARTS) is 1. The predicted octanol–water partition coefficient (Wildman–Crippen LogP) is -1.35. The van der Waals surface area contributed by atoms with E-state index in [-0.39, 0.29) is 19.6 Å². The lowest BCUT2D eigenvalue weighted by atomic mass is 10.0. The van der Waals surface area contributed by atoms with Crippen LogP contribution < -0.4 is 16.4 Å². The van der Waals surface area contributed by atoms with Crippen LogP contribution in [0.15, 0.2) is 0 Å². The third-order valence-corrected chi connectivity index (χ3v) is 2.60. The zero-order chi connectivity index (χ0) is 13.7. The van der Waals surface area contributed by atoms with Gasteiger partial charge in [-0.25, -0.2) is 4.79 Å². The van der Waals surface area contributed by atoms with Gasteiger partial charge in [-0.1, -0.05) is 0 Å². The molecule has 102 valence electrons. The van der Waals surface area contributed by atoms with Crippen LogP contribution in [0.1, 0.15) is 13.3 Å². The summed E-state index contributed by atoms with van der Waals surface area (Å²) in [7, 11) is 0. The molecule has 1 saturated heterocycles. The molecular weight excluding hydrogens is 242 g/mol. The number of rotatable bonds is 5. The maximum absolute atomic E-state index is 11.5. The maximum atomic E-state index is 11.5. The molecule has 0 spiro atoms. The largest absolute Gasteiger partial charge is 0.481 e. The fourth-order valence-corrected chi connectivity index (χ4v) is 1.73. The lowest BCUT2D eigenvalue weighted by molar-refractivity contribution is -0.142. The normalized spacial score (nSPS) is 24.3. The molecule has 18 heavy (non-hydrogen) atoms. The average molecular weight is 259 g/mol. The summed E-state index contributed by atoms with van der Waals surface area (Å²) in [5.74, 6) is -2.28. The van der Waals surface area contributed by atoms with E-state index < -0.39 is 35.9 Å². The van der Waals surface area contributed by atoms with Gasteiger partial charge in [0.05, 0.1) is 19.3 Å². The van der Waals surface area contributed by atoms with Gasteiger partial charge in [0.25, 0.3) is 0 Å². The number of carbonyl (C=O) groups is 3. The fraction of sp³-hybridized carbons (Fsp3) is 0.700. The number of aliphatic carboxylic acids is 1. The molecule has 1 rings (SSSR count). The van der Waals surface area contributed by atoms with Crippen molar-refractivity contribution in [1.29, 1.82) is 0 Å². The molecule has 3 amide bonds. The molecule has 1 fully saturated rings. The quantitative estimate of drug-likeness (QED) is 0.485. The van der Waals surface area contributed by atoms with Crippen molar-refractivity contribution in [3.05, 3.63) is 0 Å². The summed E-state index contributed by atoms with van der Waals surface area (Å²) in [4.78, 5) is 33.0. The molecule has 0 aromatic heterocycles. The van der Waals surface area contributed by atoms with Crippen molar-refractivity contribution in [3.63, 3.8) is 0 Å². The molecule has 1 aliphatic rings. The second kappa shape index (κ2) is 6.20. The van der Waals surface area contributed by atoms with E-state index in [0.717, 1.165) is 0 Å². The summed E-state index contributed by atoms with van der Waals surface area (Å²) >= 11 is 0. The van der Waals surface area contributed by atoms with E-state index in [1.165, 1.54) is 0 Å². The Kier molecular flexibility index (Phi) is 4.90. The minimum atomic E-state index is -1.01. The second-order valence-electron chi connectivity index (χ2n) is 4.28. The highest BCUT2D eigenvalue weighted by molar-refractivity contribution is 5.79. The number of primary amides is 1. The second-order valence-corrected chi connectivity index (χ2v) is 4.28.